The molecule has 0 spiro atoms. The number of methoxy groups -OCH3 is 1. The van der Waals surface area contributed by atoms with Crippen molar-refractivity contribution in [3.05, 3.63) is 18.1 Å². The van der Waals surface area contributed by atoms with Gasteiger partial charge in [-0.05, 0) is 12.8 Å². The van der Waals surface area contributed by atoms with Crippen molar-refractivity contribution in [2.45, 2.75) is 32.2 Å². The van der Waals surface area contributed by atoms with Crippen LogP contribution in [0.2, 0.25) is 0 Å². The molecule has 1 heterocycles. The lowest BCUT2D eigenvalue weighted by Gasteiger charge is -2.11. The largest absolute Gasteiger partial charge is 0.383 e. The zero-order chi connectivity index (χ0) is 12.5. The highest BCUT2D eigenvalue weighted by Gasteiger charge is 2.02. The Hall–Kier alpha value is -1.20. The smallest absolute Gasteiger partial charge is 0.129 e. The summed E-state index contributed by atoms with van der Waals surface area (Å²) in [6, 6.07) is 2.06. The fourth-order valence-electron chi connectivity index (χ4n) is 1.57. The fourth-order valence-corrected chi connectivity index (χ4v) is 1.57. The minimum Gasteiger partial charge on any atom is -0.383 e. The van der Waals surface area contributed by atoms with Crippen LogP contribution in [0, 0.1) is 0 Å². The molecule has 1 aromatic heterocycles. The molecule has 1 atom stereocenters. The van der Waals surface area contributed by atoms with E-state index in [4.69, 9.17) is 10.5 Å². The van der Waals surface area contributed by atoms with Gasteiger partial charge in [-0.1, -0.05) is 13.3 Å². The van der Waals surface area contributed by atoms with E-state index in [1.807, 2.05) is 6.07 Å². The molecule has 0 radical (unpaired) electrons. The third-order valence-corrected chi connectivity index (χ3v) is 2.43. The maximum atomic E-state index is 5.83. The van der Waals surface area contributed by atoms with Crippen LogP contribution in [0.25, 0.3) is 0 Å². The van der Waals surface area contributed by atoms with E-state index in [-0.39, 0.29) is 6.04 Å². The number of ether oxygens (including phenoxy) is 1. The Kier molecular flexibility index (Phi) is 6.50. The highest BCUT2D eigenvalue weighted by Crippen LogP contribution is 2.06. The highest BCUT2D eigenvalue weighted by molar-refractivity contribution is 5.34. The number of hydrogen-bond donors (Lipinski definition) is 2. The van der Waals surface area contributed by atoms with Crippen molar-refractivity contribution in [1.82, 2.24) is 9.97 Å². The van der Waals surface area contributed by atoms with Crippen LogP contribution in [0.15, 0.2) is 12.4 Å². The number of hydrogen-bond acceptors (Lipinski definition) is 5. The zero-order valence-electron chi connectivity index (χ0n) is 10.6. The lowest BCUT2D eigenvalue weighted by molar-refractivity contribution is 0.178. The summed E-state index contributed by atoms with van der Waals surface area (Å²) >= 11 is 0. The van der Waals surface area contributed by atoms with E-state index in [1.54, 1.807) is 13.4 Å². The van der Waals surface area contributed by atoms with Crippen LogP contribution in [0.4, 0.5) is 5.82 Å². The fraction of sp³-hybridized carbons (Fsp3) is 0.667. The van der Waals surface area contributed by atoms with Gasteiger partial charge in [0, 0.05) is 31.5 Å². The van der Waals surface area contributed by atoms with Crippen molar-refractivity contribution in [2.75, 3.05) is 25.6 Å². The molecule has 0 aliphatic heterocycles. The first kappa shape index (κ1) is 13.9. The van der Waals surface area contributed by atoms with Crippen molar-refractivity contribution < 1.29 is 4.74 Å². The molecule has 0 saturated carbocycles. The van der Waals surface area contributed by atoms with Crippen LogP contribution in [0.3, 0.4) is 0 Å². The van der Waals surface area contributed by atoms with Gasteiger partial charge in [-0.2, -0.15) is 0 Å². The molecule has 0 fully saturated rings. The molecule has 0 aliphatic rings. The number of aryl methyl sites for hydroxylation is 1. The average Bonchev–Trinajstić information content (AvgIpc) is 2.30. The normalized spacial score (nSPS) is 12.4. The quantitative estimate of drug-likeness (QED) is 0.712. The first-order valence-corrected chi connectivity index (χ1v) is 6.05. The Morgan fingerprint density at radius 1 is 1.47 bits per heavy atom. The second-order valence-corrected chi connectivity index (χ2v) is 4.08. The summed E-state index contributed by atoms with van der Waals surface area (Å²) in [6.45, 7) is 3.53. The van der Waals surface area contributed by atoms with E-state index < -0.39 is 0 Å². The van der Waals surface area contributed by atoms with Crippen molar-refractivity contribution in [3.8, 4) is 0 Å². The minimum absolute atomic E-state index is 0.0736. The number of nitrogens with one attached hydrogen (secondary N) is 1. The molecule has 1 aromatic rings. The summed E-state index contributed by atoms with van der Waals surface area (Å²) in [6.07, 6.45) is 4.54. The summed E-state index contributed by atoms with van der Waals surface area (Å²) in [5, 5.41) is 3.25. The summed E-state index contributed by atoms with van der Waals surface area (Å²) in [7, 11) is 1.66. The molecule has 0 aliphatic carbocycles. The van der Waals surface area contributed by atoms with Crippen molar-refractivity contribution in [3.63, 3.8) is 0 Å². The van der Waals surface area contributed by atoms with Gasteiger partial charge in [-0.3, -0.25) is 0 Å². The molecule has 5 nitrogen and oxygen atoms in total. The molecule has 0 amide bonds. The Balaban J connectivity index is 2.33. The van der Waals surface area contributed by atoms with E-state index in [1.165, 1.54) is 0 Å². The van der Waals surface area contributed by atoms with Crippen LogP contribution >= 0.6 is 0 Å². The second kappa shape index (κ2) is 7.97. The van der Waals surface area contributed by atoms with Crippen molar-refractivity contribution in [2.24, 2.45) is 5.73 Å². The molecule has 0 bridgehead atoms. The maximum Gasteiger partial charge on any atom is 0.129 e. The van der Waals surface area contributed by atoms with E-state index in [9.17, 15) is 0 Å². The first-order valence-electron chi connectivity index (χ1n) is 6.05. The number of nitrogens with zero attached hydrogens (tertiary/aromatic N) is 2. The number of aromatic nitrogens is 2. The van der Waals surface area contributed by atoms with Crippen molar-refractivity contribution >= 4 is 5.82 Å². The maximum absolute atomic E-state index is 5.83. The first-order chi connectivity index (χ1) is 8.26. The molecular weight excluding hydrogens is 216 g/mol. The molecule has 0 aromatic carbocycles. The van der Waals surface area contributed by atoms with Gasteiger partial charge in [0.2, 0.25) is 0 Å². The predicted molar refractivity (Wildman–Crippen MR) is 69.0 cm³/mol. The average molecular weight is 238 g/mol. The summed E-state index contributed by atoms with van der Waals surface area (Å²) in [4.78, 5) is 8.38. The van der Waals surface area contributed by atoms with Gasteiger partial charge in [-0.25, -0.2) is 9.97 Å². The van der Waals surface area contributed by atoms with Crippen LogP contribution in [0.1, 0.15) is 25.5 Å². The molecule has 1 rings (SSSR count). The standard InChI is InChI=1S/C12H22N4O/c1-3-4-11-7-12(16-9-15-11)14-6-5-10(13)8-17-2/h7,9-10H,3-6,8,13H2,1-2H3,(H,14,15,16). The minimum atomic E-state index is 0.0736. The molecule has 1 unspecified atom stereocenters. The number of anilines is 1. The van der Waals surface area contributed by atoms with Gasteiger partial charge in [-0.15, -0.1) is 0 Å². The number of nitrogens with two attached hydrogens (primary N) is 1. The van der Waals surface area contributed by atoms with Gasteiger partial charge < -0.3 is 15.8 Å². The summed E-state index contributed by atoms with van der Waals surface area (Å²) in [5.74, 6) is 0.869. The lowest BCUT2D eigenvalue weighted by Crippen LogP contribution is -2.28. The monoisotopic (exact) mass is 238 g/mol. The van der Waals surface area contributed by atoms with E-state index in [2.05, 4.69) is 22.2 Å². The van der Waals surface area contributed by atoms with E-state index in [0.29, 0.717) is 6.61 Å². The Bertz CT molecular complexity index is 319. The Morgan fingerprint density at radius 2 is 2.29 bits per heavy atom. The van der Waals surface area contributed by atoms with Gasteiger partial charge in [0.05, 0.1) is 6.61 Å². The van der Waals surface area contributed by atoms with Crippen LogP contribution < -0.4 is 11.1 Å². The van der Waals surface area contributed by atoms with Crippen molar-refractivity contribution in [1.29, 1.82) is 0 Å². The summed E-state index contributed by atoms with van der Waals surface area (Å²) < 4.78 is 4.98. The lowest BCUT2D eigenvalue weighted by atomic mass is 10.2. The second-order valence-electron chi connectivity index (χ2n) is 4.08. The summed E-state index contributed by atoms with van der Waals surface area (Å²) in [5.41, 5.74) is 6.90. The van der Waals surface area contributed by atoms with Crippen LogP contribution in [-0.2, 0) is 11.2 Å². The van der Waals surface area contributed by atoms with Gasteiger partial charge >= 0.3 is 0 Å². The molecular formula is C12H22N4O. The molecule has 0 saturated heterocycles. The van der Waals surface area contributed by atoms with Crippen LogP contribution in [-0.4, -0.2) is 36.3 Å². The Labute approximate surface area is 103 Å². The predicted octanol–water partition coefficient (Wildman–Crippen LogP) is 1.20. The molecule has 17 heavy (non-hydrogen) atoms. The third-order valence-electron chi connectivity index (χ3n) is 2.43. The zero-order valence-corrected chi connectivity index (χ0v) is 10.6. The SMILES string of the molecule is CCCc1cc(NCCC(N)COC)ncn1. The van der Waals surface area contributed by atoms with Gasteiger partial charge in [0.15, 0.2) is 0 Å². The highest BCUT2D eigenvalue weighted by atomic mass is 16.5. The molecule has 5 heteroatoms. The molecule has 96 valence electrons. The van der Waals surface area contributed by atoms with Crippen LogP contribution in [0.5, 0.6) is 0 Å². The van der Waals surface area contributed by atoms with E-state index >= 15 is 0 Å². The molecule has 3 N–H and O–H groups in total. The van der Waals surface area contributed by atoms with Gasteiger partial charge in [0.1, 0.15) is 12.1 Å². The topological polar surface area (TPSA) is 73.1 Å². The third kappa shape index (κ3) is 5.60. The van der Waals surface area contributed by atoms with Gasteiger partial charge in [0.25, 0.3) is 0 Å². The Morgan fingerprint density at radius 3 is 3.00 bits per heavy atom. The number of rotatable bonds is 8. The van der Waals surface area contributed by atoms with E-state index in [0.717, 1.165) is 37.3 Å².